The van der Waals surface area contributed by atoms with E-state index < -0.39 is 5.97 Å². The molecule has 3 nitrogen and oxygen atoms in total. The number of hydrogen-bond acceptors (Lipinski definition) is 2. The van der Waals surface area contributed by atoms with E-state index in [1.54, 1.807) is 6.92 Å². The van der Waals surface area contributed by atoms with Gasteiger partial charge in [-0.3, -0.25) is 9.69 Å². The molecule has 1 aromatic carbocycles. The van der Waals surface area contributed by atoms with Gasteiger partial charge in [-0.2, -0.15) is 0 Å². The maximum atomic E-state index is 10.9. The molecule has 18 heavy (non-hydrogen) atoms. The quantitative estimate of drug-likeness (QED) is 0.842. The van der Waals surface area contributed by atoms with Gasteiger partial charge in [0.1, 0.15) is 0 Å². The lowest BCUT2D eigenvalue weighted by atomic mass is 10.0. The van der Waals surface area contributed by atoms with E-state index in [1.807, 2.05) is 0 Å². The Morgan fingerprint density at radius 2 is 2.06 bits per heavy atom. The van der Waals surface area contributed by atoms with Gasteiger partial charge in [-0.1, -0.05) is 37.6 Å². The molecule has 1 N–H and O–H groups in total. The topological polar surface area (TPSA) is 40.5 Å². The van der Waals surface area contributed by atoms with E-state index in [0.29, 0.717) is 6.54 Å². The lowest BCUT2D eigenvalue weighted by Gasteiger charge is -2.23. The van der Waals surface area contributed by atoms with Gasteiger partial charge in [-0.15, -0.1) is 0 Å². The van der Waals surface area contributed by atoms with E-state index in [1.165, 1.54) is 16.7 Å². The van der Waals surface area contributed by atoms with Crippen LogP contribution in [-0.2, 0) is 11.3 Å². The monoisotopic (exact) mass is 249 g/mol. The standard InChI is InChI=1S/C15H23NO2/c1-5-16(9-13(4)15(17)18)10-14-7-6-11(2)8-12(14)3/h6-8,13H,5,9-10H2,1-4H3,(H,17,18). The molecule has 1 aromatic rings. The average molecular weight is 249 g/mol. The minimum absolute atomic E-state index is 0.323. The molecule has 1 atom stereocenters. The highest BCUT2D eigenvalue weighted by Gasteiger charge is 2.15. The summed E-state index contributed by atoms with van der Waals surface area (Å²) in [5, 5.41) is 8.96. The van der Waals surface area contributed by atoms with Crippen LogP contribution >= 0.6 is 0 Å². The number of hydrogen-bond donors (Lipinski definition) is 1. The maximum Gasteiger partial charge on any atom is 0.307 e. The Labute approximate surface area is 109 Å². The molecule has 0 aromatic heterocycles. The van der Waals surface area contributed by atoms with E-state index in [9.17, 15) is 4.79 Å². The number of aryl methyl sites for hydroxylation is 2. The van der Waals surface area contributed by atoms with E-state index in [-0.39, 0.29) is 5.92 Å². The van der Waals surface area contributed by atoms with Gasteiger partial charge in [0.25, 0.3) is 0 Å². The van der Waals surface area contributed by atoms with Gasteiger partial charge in [-0.25, -0.2) is 0 Å². The molecular weight excluding hydrogens is 226 g/mol. The molecule has 0 radical (unpaired) electrons. The Bertz CT molecular complexity index is 415. The second-order valence-electron chi connectivity index (χ2n) is 5.00. The van der Waals surface area contributed by atoms with Crippen LogP contribution in [0.25, 0.3) is 0 Å². The summed E-state index contributed by atoms with van der Waals surface area (Å²) in [6.45, 7) is 10.3. The van der Waals surface area contributed by atoms with Gasteiger partial charge < -0.3 is 5.11 Å². The fourth-order valence-electron chi connectivity index (χ4n) is 2.03. The lowest BCUT2D eigenvalue weighted by molar-refractivity contribution is -0.141. The minimum atomic E-state index is -0.728. The predicted octanol–water partition coefficient (Wildman–Crippen LogP) is 2.85. The third-order valence-electron chi connectivity index (χ3n) is 3.29. The fraction of sp³-hybridized carbons (Fsp3) is 0.533. The van der Waals surface area contributed by atoms with Gasteiger partial charge in [0.15, 0.2) is 0 Å². The smallest absolute Gasteiger partial charge is 0.307 e. The number of carbonyl (C=O) groups is 1. The SMILES string of the molecule is CCN(Cc1ccc(C)cc1C)CC(C)C(=O)O. The predicted molar refractivity (Wildman–Crippen MR) is 73.7 cm³/mol. The van der Waals surface area contributed by atoms with Gasteiger partial charge in [0.05, 0.1) is 5.92 Å². The third-order valence-corrected chi connectivity index (χ3v) is 3.29. The molecule has 0 aliphatic carbocycles. The van der Waals surface area contributed by atoms with Crippen LogP contribution < -0.4 is 0 Å². The normalized spacial score (nSPS) is 12.7. The third kappa shape index (κ3) is 4.15. The summed E-state index contributed by atoms with van der Waals surface area (Å²) < 4.78 is 0. The molecule has 1 unspecified atom stereocenters. The average Bonchev–Trinajstić information content (AvgIpc) is 2.31. The fourth-order valence-corrected chi connectivity index (χ4v) is 2.03. The summed E-state index contributed by atoms with van der Waals surface area (Å²) in [6, 6.07) is 6.42. The van der Waals surface area contributed by atoms with Gasteiger partial charge in [-0.05, 0) is 31.5 Å². The molecule has 0 aliphatic rings. The van der Waals surface area contributed by atoms with E-state index in [2.05, 4.69) is 43.9 Å². The van der Waals surface area contributed by atoms with Crippen molar-refractivity contribution in [2.75, 3.05) is 13.1 Å². The minimum Gasteiger partial charge on any atom is -0.481 e. The molecular formula is C15H23NO2. The van der Waals surface area contributed by atoms with E-state index >= 15 is 0 Å². The molecule has 1 rings (SSSR count). The van der Waals surface area contributed by atoms with Gasteiger partial charge in [0.2, 0.25) is 0 Å². The highest BCUT2D eigenvalue weighted by molar-refractivity contribution is 5.69. The second-order valence-corrected chi connectivity index (χ2v) is 5.00. The highest BCUT2D eigenvalue weighted by Crippen LogP contribution is 2.14. The maximum absolute atomic E-state index is 10.9. The summed E-state index contributed by atoms with van der Waals surface area (Å²) in [6.07, 6.45) is 0. The highest BCUT2D eigenvalue weighted by atomic mass is 16.4. The molecule has 100 valence electrons. The summed E-state index contributed by atoms with van der Waals surface area (Å²) in [4.78, 5) is 13.1. The van der Waals surface area contributed by atoms with Crippen LogP contribution in [0.4, 0.5) is 0 Å². The van der Waals surface area contributed by atoms with Crippen molar-refractivity contribution in [3.8, 4) is 0 Å². The second kappa shape index (κ2) is 6.55. The lowest BCUT2D eigenvalue weighted by Crippen LogP contribution is -2.31. The summed E-state index contributed by atoms with van der Waals surface area (Å²) in [5.74, 6) is -1.05. The van der Waals surface area contributed by atoms with Crippen LogP contribution in [0.2, 0.25) is 0 Å². The molecule has 0 saturated heterocycles. The molecule has 0 bridgehead atoms. The largest absolute Gasteiger partial charge is 0.481 e. The van der Waals surface area contributed by atoms with Crippen molar-refractivity contribution >= 4 is 5.97 Å². The number of nitrogens with zero attached hydrogens (tertiary/aromatic N) is 1. The Morgan fingerprint density at radius 1 is 1.39 bits per heavy atom. The molecule has 0 saturated carbocycles. The zero-order valence-corrected chi connectivity index (χ0v) is 11.7. The van der Waals surface area contributed by atoms with Gasteiger partial charge >= 0.3 is 5.97 Å². The number of rotatable bonds is 6. The summed E-state index contributed by atoms with van der Waals surface area (Å²) >= 11 is 0. The number of carboxylic acid groups (broad SMARTS) is 1. The molecule has 0 heterocycles. The van der Waals surface area contributed by atoms with Gasteiger partial charge in [0, 0.05) is 13.1 Å². The zero-order valence-electron chi connectivity index (χ0n) is 11.7. The van der Waals surface area contributed by atoms with Crippen LogP contribution in [0, 0.1) is 19.8 Å². The van der Waals surface area contributed by atoms with Crippen molar-refractivity contribution in [2.24, 2.45) is 5.92 Å². The van der Waals surface area contributed by atoms with Crippen LogP contribution in [0.15, 0.2) is 18.2 Å². The van der Waals surface area contributed by atoms with Crippen molar-refractivity contribution < 1.29 is 9.90 Å². The first-order valence-electron chi connectivity index (χ1n) is 6.45. The van der Waals surface area contributed by atoms with Crippen molar-refractivity contribution in [1.82, 2.24) is 4.90 Å². The van der Waals surface area contributed by atoms with E-state index in [0.717, 1.165) is 13.1 Å². The Balaban J connectivity index is 2.70. The molecule has 3 heteroatoms. The van der Waals surface area contributed by atoms with Crippen LogP contribution in [0.3, 0.4) is 0 Å². The Kier molecular flexibility index (Phi) is 5.35. The Hall–Kier alpha value is -1.35. The summed E-state index contributed by atoms with van der Waals surface area (Å²) in [5.41, 5.74) is 3.81. The van der Waals surface area contributed by atoms with E-state index in [4.69, 9.17) is 5.11 Å². The molecule has 0 amide bonds. The molecule has 0 spiro atoms. The number of aliphatic carboxylic acids is 1. The Morgan fingerprint density at radius 3 is 2.56 bits per heavy atom. The van der Waals surface area contributed by atoms with Crippen molar-refractivity contribution in [2.45, 2.75) is 34.2 Å². The molecule has 0 fully saturated rings. The van der Waals surface area contributed by atoms with Crippen molar-refractivity contribution in [1.29, 1.82) is 0 Å². The number of benzene rings is 1. The van der Waals surface area contributed by atoms with Crippen molar-refractivity contribution in [3.05, 3.63) is 34.9 Å². The molecule has 0 aliphatic heterocycles. The first-order chi connectivity index (χ1) is 8.43. The van der Waals surface area contributed by atoms with Crippen LogP contribution in [-0.4, -0.2) is 29.1 Å². The first-order valence-corrected chi connectivity index (χ1v) is 6.45. The number of carboxylic acids is 1. The summed E-state index contributed by atoms with van der Waals surface area (Å²) in [7, 11) is 0. The first kappa shape index (κ1) is 14.7. The van der Waals surface area contributed by atoms with Crippen LogP contribution in [0.5, 0.6) is 0 Å². The van der Waals surface area contributed by atoms with Crippen molar-refractivity contribution in [3.63, 3.8) is 0 Å². The zero-order chi connectivity index (χ0) is 13.7. The van der Waals surface area contributed by atoms with Crippen LogP contribution in [0.1, 0.15) is 30.5 Å².